The molecule has 0 radical (unpaired) electrons. The van der Waals surface area contributed by atoms with Crippen LogP contribution in [-0.4, -0.2) is 60.9 Å². The Morgan fingerprint density at radius 1 is 1.26 bits per heavy atom. The number of benzene rings is 1. The molecule has 0 saturated heterocycles. The maximum absolute atomic E-state index is 12.6. The van der Waals surface area contributed by atoms with Crippen molar-refractivity contribution in [3.63, 3.8) is 0 Å². The van der Waals surface area contributed by atoms with E-state index in [0.29, 0.717) is 44.3 Å². The second-order valence-corrected chi connectivity index (χ2v) is 10.3. The van der Waals surface area contributed by atoms with Crippen LogP contribution in [-0.2, 0) is 4.79 Å². The first kappa shape index (κ1) is 30.1. The monoisotopic (exact) mass is 679 g/mol. The molecule has 0 fully saturated rings. The Labute approximate surface area is 247 Å². The summed E-state index contributed by atoms with van der Waals surface area (Å²) in [5.74, 6) is 0.301. The number of hydrogen-bond donors (Lipinski definition) is 3. The molecular weight excluding hydrogens is 658 g/mol. The Bertz CT molecular complexity index is 1540. The van der Waals surface area contributed by atoms with Crippen molar-refractivity contribution >= 4 is 67.5 Å². The lowest BCUT2D eigenvalue weighted by atomic mass is 10.1. The zero-order valence-electron chi connectivity index (χ0n) is 21.0. The molecule has 204 valence electrons. The van der Waals surface area contributed by atoms with E-state index in [1.54, 1.807) is 24.4 Å². The number of aromatic amines is 1. The predicted octanol–water partition coefficient (Wildman–Crippen LogP) is 2.15. The third-order valence-corrected chi connectivity index (χ3v) is 7.30. The molecule has 0 saturated carbocycles. The van der Waals surface area contributed by atoms with E-state index in [4.69, 9.17) is 11.6 Å². The summed E-state index contributed by atoms with van der Waals surface area (Å²) in [6, 6.07) is 6.83. The van der Waals surface area contributed by atoms with Crippen molar-refractivity contribution in [1.29, 1.82) is 0 Å². The number of nitrogens with one attached hydrogen (secondary N) is 3. The number of rotatable bonds is 9. The van der Waals surface area contributed by atoms with Gasteiger partial charge in [0.05, 0.1) is 37.4 Å². The summed E-state index contributed by atoms with van der Waals surface area (Å²) >= 11 is 9.49. The van der Waals surface area contributed by atoms with Gasteiger partial charge < -0.3 is 47.2 Å². The zero-order chi connectivity index (χ0) is 27.4. The van der Waals surface area contributed by atoms with E-state index in [-0.39, 0.29) is 34.7 Å². The molecule has 0 aliphatic rings. The molecule has 0 aliphatic carbocycles. The minimum atomic E-state index is -0.511. The number of anilines is 3. The van der Waals surface area contributed by atoms with E-state index in [0.717, 1.165) is 10.2 Å². The number of pyridine rings is 1. The number of carbonyl (C=O) groups excluding carboxylic acids is 1. The van der Waals surface area contributed by atoms with Gasteiger partial charge in [0, 0.05) is 21.6 Å². The van der Waals surface area contributed by atoms with Gasteiger partial charge in [-0.25, -0.2) is 15.0 Å². The van der Waals surface area contributed by atoms with Crippen molar-refractivity contribution in [3.05, 3.63) is 80.6 Å². The van der Waals surface area contributed by atoms with Gasteiger partial charge in [-0.05, 0) is 63.1 Å². The highest BCUT2D eigenvalue weighted by molar-refractivity contribution is 9.10. The minimum Gasteiger partial charge on any atom is -1.00 e. The first-order valence-corrected chi connectivity index (χ1v) is 12.5. The first-order chi connectivity index (χ1) is 18.0. The van der Waals surface area contributed by atoms with Crippen LogP contribution in [0.25, 0.3) is 10.9 Å². The number of H-pyrrole nitrogens is 1. The van der Waals surface area contributed by atoms with Crippen LogP contribution in [0.5, 0.6) is 0 Å². The second-order valence-electron chi connectivity index (χ2n) is 8.99. The molecule has 0 unspecified atom stereocenters. The Kier molecular flexibility index (Phi) is 9.72. The highest BCUT2D eigenvalue weighted by Gasteiger charge is 2.33. The van der Waals surface area contributed by atoms with Gasteiger partial charge in [-0.1, -0.05) is 11.6 Å². The van der Waals surface area contributed by atoms with Crippen LogP contribution in [0.15, 0.2) is 59.7 Å². The summed E-state index contributed by atoms with van der Waals surface area (Å²) < 4.78 is 1.09. The van der Waals surface area contributed by atoms with Crippen molar-refractivity contribution in [1.82, 2.24) is 24.9 Å². The predicted molar refractivity (Wildman–Crippen MR) is 148 cm³/mol. The topological polar surface area (TPSA) is 152 Å². The number of amides is 1. The SMILES string of the molecule is C[C@@H](c1[nH]cnc1[N+](=O)[O-])[N+](C)(C)C/C=C/C(=O)Nc1cc2c(Nc3ccc(Cl)c(Br)c3)ncnc2cn1.[Br-]. The van der Waals surface area contributed by atoms with E-state index in [1.165, 1.54) is 18.7 Å². The normalized spacial score (nSPS) is 12.2. The van der Waals surface area contributed by atoms with Crippen LogP contribution in [0.4, 0.5) is 23.1 Å². The van der Waals surface area contributed by atoms with Crippen LogP contribution in [0.3, 0.4) is 0 Å². The highest BCUT2D eigenvalue weighted by atomic mass is 79.9. The van der Waals surface area contributed by atoms with Gasteiger partial charge in [-0.2, -0.15) is 0 Å². The highest BCUT2D eigenvalue weighted by Crippen LogP contribution is 2.30. The van der Waals surface area contributed by atoms with Crippen LogP contribution in [0, 0.1) is 10.1 Å². The molecule has 3 N–H and O–H groups in total. The van der Waals surface area contributed by atoms with Crippen molar-refractivity contribution in [2.75, 3.05) is 31.3 Å². The molecule has 1 amide bonds. The van der Waals surface area contributed by atoms with Crippen LogP contribution < -0.4 is 27.6 Å². The number of quaternary nitrogens is 1. The fourth-order valence-corrected chi connectivity index (χ4v) is 4.19. The molecule has 4 rings (SSSR count). The lowest BCUT2D eigenvalue weighted by Gasteiger charge is -2.34. The van der Waals surface area contributed by atoms with E-state index >= 15 is 0 Å². The maximum atomic E-state index is 12.6. The van der Waals surface area contributed by atoms with E-state index < -0.39 is 4.92 Å². The summed E-state index contributed by atoms with van der Waals surface area (Å²) in [6.07, 6.45) is 7.41. The lowest BCUT2D eigenvalue weighted by molar-refractivity contribution is -0.914. The van der Waals surface area contributed by atoms with Gasteiger partial charge in [0.25, 0.3) is 0 Å². The molecule has 3 aromatic heterocycles. The summed E-state index contributed by atoms with van der Waals surface area (Å²) in [5, 5.41) is 18.5. The molecular formula is C24H24Br2ClN9O3. The average Bonchev–Trinajstić information content (AvgIpc) is 3.36. The van der Waals surface area contributed by atoms with E-state index in [1.807, 2.05) is 33.2 Å². The smallest absolute Gasteiger partial charge is 0.390 e. The molecule has 0 spiro atoms. The van der Waals surface area contributed by atoms with Gasteiger partial charge in [0.15, 0.2) is 5.69 Å². The fraction of sp³-hybridized carbons (Fsp3) is 0.208. The van der Waals surface area contributed by atoms with Gasteiger partial charge in [0.1, 0.15) is 24.0 Å². The first-order valence-electron chi connectivity index (χ1n) is 11.4. The number of likely N-dealkylation sites (N-methyl/N-ethyl adjacent to an activating group) is 1. The number of halogens is 3. The van der Waals surface area contributed by atoms with Gasteiger partial charge in [0.2, 0.25) is 12.2 Å². The average molecular weight is 682 g/mol. The number of fused-ring (bicyclic) bond motifs is 1. The van der Waals surface area contributed by atoms with Crippen LogP contribution in [0.1, 0.15) is 18.7 Å². The number of aromatic nitrogens is 5. The number of imidazole rings is 1. The third-order valence-electron chi connectivity index (χ3n) is 6.09. The maximum Gasteiger partial charge on any atom is 0.390 e. The van der Waals surface area contributed by atoms with E-state index in [9.17, 15) is 14.9 Å². The second kappa shape index (κ2) is 12.6. The van der Waals surface area contributed by atoms with Crippen LogP contribution in [0.2, 0.25) is 5.02 Å². The minimum absolute atomic E-state index is 0. The molecule has 3 heterocycles. The molecule has 1 atom stereocenters. The van der Waals surface area contributed by atoms with Crippen molar-refractivity contribution < 1.29 is 31.2 Å². The Hall–Kier alpha value is -3.46. The number of hydrogen-bond acceptors (Lipinski definition) is 8. The summed E-state index contributed by atoms with van der Waals surface area (Å²) in [7, 11) is 3.83. The van der Waals surface area contributed by atoms with Crippen molar-refractivity contribution in [2.24, 2.45) is 0 Å². The number of carbonyl (C=O) groups is 1. The summed E-state index contributed by atoms with van der Waals surface area (Å²) in [6.45, 7) is 2.30. The van der Waals surface area contributed by atoms with Gasteiger partial charge in [-0.15, -0.1) is 0 Å². The summed E-state index contributed by atoms with van der Waals surface area (Å²) in [4.78, 5) is 42.8. The number of nitrogens with zero attached hydrogens (tertiary/aromatic N) is 6. The molecule has 0 bridgehead atoms. The number of nitro groups is 1. The molecule has 4 aromatic rings. The molecule has 0 aliphatic heterocycles. The Balaban J connectivity index is 0.00000420. The molecule has 1 aromatic carbocycles. The van der Waals surface area contributed by atoms with Gasteiger partial charge >= 0.3 is 5.82 Å². The zero-order valence-corrected chi connectivity index (χ0v) is 25.0. The Morgan fingerprint density at radius 3 is 2.74 bits per heavy atom. The molecule has 15 heteroatoms. The largest absolute Gasteiger partial charge is 1.00 e. The quantitative estimate of drug-likeness (QED) is 0.105. The fourth-order valence-electron chi connectivity index (χ4n) is 3.69. The van der Waals surface area contributed by atoms with Crippen molar-refractivity contribution in [2.45, 2.75) is 13.0 Å². The molecule has 39 heavy (non-hydrogen) atoms. The van der Waals surface area contributed by atoms with Crippen molar-refractivity contribution in [3.8, 4) is 0 Å². The lowest BCUT2D eigenvalue weighted by Crippen LogP contribution is -3.00. The van der Waals surface area contributed by atoms with Gasteiger partial charge in [-0.3, -0.25) is 4.79 Å². The summed E-state index contributed by atoms with van der Waals surface area (Å²) in [5.41, 5.74) is 1.79. The van der Waals surface area contributed by atoms with Crippen LogP contribution >= 0.6 is 27.5 Å². The molecule has 12 nitrogen and oxygen atoms in total. The standard InChI is InChI=1S/C24H23BrClN9O3.BrH/c1-14(22-24(34(37)38)31-13-29-22)35(2,3)8-4-5-21(36)33-20-10-16-19(11-27-20)28-12-30-23(16)32-15-6-7-18(26)17(25)9-15;/h4-7,9-14H,8H2,1-3H3,(H2-,27,28,29,30,31,32,33,36);1H/b5-4+;/t14-;/m0./s1. The Morgan fingerprint density at radius 2 is 2.03 bits per heavy atom. The van der Waals surface area contributed by atoms with E-state index in [2.05, 4.69) is 51.5 Å². The third kappa shape index (κ3) is 7.15.